The molecule has 3 aromatic carbocycles. The van der Waals surface area contributed by atoms with Gasteiger partial charge in [-0.05, 0) is 96.0 Å². The monoisotopic (exact) mass is 1030 g/mol. The fourth-order valence-corrected chi connectivity index (χ4v) is 11.4. The van der Waals surface area contributed by atoms with E-state index in [-0.39, 0.29) is 66.9 Å². The lowest BCUT2D eigenvalue weighted by molar-refractivity contribution is -0.141. The standard InChI is InChI=1S/C50H51F2N6O10PS2/c1-49(2,3)43(55-45(62)40-27-30-26-31(16-18-38(30)71-40)50(51,52)69(66,67)68)48(65)56-23-9-14-37(56)47(64)57(35-13-8-15-39-33(35)21-25-70-39)24-20-41(59)53-22-6-4-5-10-29-11-7-12-32-34(29)28-58(46(32)63)36-17-19-42(60)54-44(36)61/h7-8,11-13,15-16,18,21,25-27,36-37,43H,4,6,9,14,17,19-20,22-24,28H2,1-3H3,(H,53,59)(H,55,62)(H,54,60,61)(H2,66,67,68)/t36?,37-,43+/m0/s1. The van der Waals surface area contributed by atoms with Gasteiger partial charge in [-0.15, -0.1) is 22.7 Å². The van der Waals surface area contributed by atoms with Gasteiger partial charge in [0.25, 0.3) is 11.8 Å². The molecule has 0 spiro atoms. The summed E-state index contributed by atoms with van der Waals surface area (Å²) < 4.78 is 41.9. The number of unbranched alkanes of at least 4 members (excludes halogenated alkanes) is 1. The Morgan fingerprint density at radius 2 is 1.77 bits per heavy atom. The number of rotatable bonds is 14. The number of fused-ring (bicyclic) bond motifs is 3. The van der Waals surface area contributed by atoms with Crippen LogP contribution in [0.25, 0.3) is 20.2 Å². The summed E-state index contributed by atoms with van der Waals surface area (Å²) in [5.74, 6) is 3.25. The molecule has 3 atom stereocenters. The number of benzene rings is 3. The number of anilines is 1. The maximum atomic E-state index is 14.8. The van der Waals surface area contributed by atoms with Crippen LogP contribution in [0.15, 0.2) is 72.1 Å². The summed E-state index contributed by atoms with van der Waals surface area (Å²) in [4.78, 5) is 117. The van der Waals surface area contributed by atoms with Gasteiger partial charge in [-0.3, -0.25) is 43.4 Å². The van der Waals surface area contributed by atoms with E-state index in [1.807, 2.05) is 29.6 Å². The van der Waals surface area contributed by atoms with Gasteiger partial charge in [0.15, 0.2) is 0 Å². The highest BCUT2D eigenvalue weighted by Crippen LogP contribution is 2.59. The minimum atomic E-state index is -5.84. The van der Waals surface area contributed by atoms with Gasteiger partial charge in [-0.25, -0.2) is 0 Å². The zero-order chi connectivity index (χ0) is 51.0. The average Bonchev–Trinajstić information content (AvgIpc) is 4.15. The van der Waals surface area contributed by atoms with Gasteiger partial charge < -0.3 is 35.1 Å². The molecule has 0 radical (unpaired) electrons. The molecule has 372 valence electrons. The van der Waals surface area contributed by atoms with E-state index < -0.39 is 66.0 Å². The molecule has 2 aromatic heterocycles. The van der Waals surface area contributed by atoms with Crippen molar-refractivity contribution >= 4 is 97.5 Å². The molecule has 0 aliphatic carbocycles. The van der Waals surface area contributed by atoms with Crippen molar-refractivity contribution in [3.05, 3.63) is 99.2 Å². The van der Waals surface area contributed by atoms with Crippen LogP contribution >= 0.6 is 30.3 Å². The zero-order valence-electron chi connectivity index (χ0n) is 39.0. The van der Waals surface area contributed by atoms with Crippen molar-refractivity contribution in [1.82, 2.24) is 25.8 Å². The van der Waals surface area contributed by atoms with Gasteiger partial charge >= 0.3 is 13.3 Å². The molecule has 2 saturated heterocycles. The Bertz CT molecular complexity index is 3100. The predicted octanol–water partition coefficient (Wildman–Crippen LogP) is 6.61. The topological polar surface area (TPSA) is 223 Å². The highest BCUT2D eigenvalue weighted by atomic mass is 32.1. The third-order valence-corrected chi connectivity index (χ3v) is 15.8. The number of thiophene rings is 2. The molecule has 0 saturated carbocycles. The second-order valence-electron chi connectivity index (χ2n) is 18.7. The van der Waals surface area contributed by atoms with E-state index in [0.717, 1.165) is 39.1 Å². The van der Waals surface area contributed by atoms with E-state index in [1.165, 1.54) is 33.3 Å². The van der Waals surface area contributed by atoms with Crippen molar-refractivity contribution in [2.24, 2.45) is 5.41 Å². The molecule has 16 nitrogen and oxygen atoms in total. The van der Waals surface area contributed by atoms with E-state index in [9.17, 15) is 56.7 Å². The minimum Gasteiger partial charge on any atom is -0.356 e. The quantitative estimate of drug-likeness (QED) is 0.0347. The highest BCUT2D eigenvalue weighted by Gasteiger charge is 2.50. The Labute approximate surface area is 415 Å². The lowest BCUT2D eigenvalue weighted by Gasteiger charge is -2.36. The normalized spacial score (nSPS) is 17.7. The summed E-state index contributed by atoms with van der Waals surface area (Å²) >= 11 is 2.45. The number of halogens is 2. The van der Waals surface area contributed by atoms with E-state index in [2.05, 4.69) is 27.8 Å². The van der Waals surface area contributed by atoms with Crippen LogP contribution in [0.5, 0.6) is 0 Å². The Kier molecular flexibility index (Phi) is 14.7. The number of nitrogens with one attached hydrogen (secondary N) is 3. The van der Waals surface area contributed by atoms with Crippen LogP contribution in [0.4, 0.5) is 14.5 Å². The fourth-order valence-electron chi connectivity index (χ4n) is 9.12. The molecule has 5 aromatic rings. The smallest absolute Gasteiger partial charge is 0.356 e. The number of hydrogen-bond donors (Lipinski definition) is 5. The van der Waals surface area contributed by atoms with E-state index in [1.54, 1.807) is 43.9 Å². The van der Waals surface area contributed by atoms with Crippen LogP contribution in [-0.2, 0) is 40.7 Å². The number of carbonyl (C=O) groups is 7. The lowest BCUT2D eigenvalue weighted by Crippen LogP contribution is -2.58. The molecule has 71 heavy (non-hydrogen) atoms. The average molecular weight is 1030 g/mol. The maximum Gasteiger partial charge on any atom is 0.399 e. The number of amides is 7. The first-order valence-electron chi connectivity index (χ1n) is 23.0. The second kappa shape index (κ2) is 20.4. The van der Waals surface area contributed by atoms with Gasteiger partial charge in [0.05, 0.1) is 10.6 Å². The predicted molar refractivity (Wildman–Crippen MR) is 264 cm³/mol. The number of imide groups is 1. The molecular formula is C50H51F2N6O10PS2. The van der Waals surface area contributed by atoms with Crippen LogP contribution in [0.2, 0.25) is 0 Å². The first-order valence-corrected chi connectivity index (χ1v) is 26.3. The molecule has 1 unspecified atom stereocenters. The van der Waals surface area contributed by atoms with Gasteiger partial charge in [0.2, 0.25) is 29.5 Å². The van der Waals surface area contributed by atoms with Crippen molar-refractivity contribution in [3.63, 3.8) is 0 Å². The lowest BCUT2D eigenvalue weighted by atomic mass is 9.85. The van der Waals surface area contributed by atoms with Gasteiger partial charge in [0, 0.05) is 76.9 Å². The van der Waals surface area contributed by atoms with Crippen LogP contribution < -0.4 is 20.9 Å². The van der Waals surface area contributed by atoms with Crippen molar-refractivity contribution in [3.8, 4) is 11.8 Å². The number of hydrogen-bond acceptors (Lipinski definition) is 10. The van der Waals surface area contributed by atoms with E-state index in [0.29, 0.717) is 53.7 Å². The van der Waals surface area contributed by atoms with Crippen molar-refractivity contribution in [2.45, 2.75) is 96.1 Å². The van der Waals surface area contributed by atoms with E-state index in [4.69, 9.17) is 0 Å². The van der Waals surface area contributed by atoms with Crippen LogP contribution in [-0.4, -0.2) is 98.7 Å². The minimum absolute atomic E-state index is 0.00117. The van der Waals surface area contributed by atoms with Crippen LogP contribution in [0.3, 0.4) is 0 Å². The summed E-state index contributed by atoms with van der Waals surface area (Å²) in [5.41, 5.74) is -3.79. The van der Waals surface area contributed by atoms with Gasteiger partial charge in [0.1, 0.15) is 18.1 Å². The van der Waals surface area contributed by atoms with Gasteiger partial charge in [-0.1, -0.05) is 50.8 Å². The molecule has 3 aliphatic heterocycles. The first kappa shape index (κ1) is 51.0. The summed E-state index contributed by atoms with van der Waals surface area (Å²) in [7, 11) is -5.84. The molecule has 5 heterocycles. The number of alkyl halides is 2. The second-order valence-corrected chi connectivity index (χ2v) is 22.4. The molecule has 5 N–H and O–H groups in total. The largest absolute Gasteiger partial charge is 0.399 e. The summed E-state index contributed by atoms with van der Waals surface area (Å²) in [5, 5.41) is 10.9. The van der Waals surface area contributed by atoms with E-state index >= 15 is 0 Å². The molecular weight excluding hydrogens is 978 g/mol. The zero-order valence-corrected chi connectivity index (χ0v) is 41.5. The number of piperidine rings is 1. The first-order chi connectivity index (χ1) is 33.6. The van der Waals surface area contributed by atoms with Gasteiger partial charge in [-0.2, -0.15) is 8.78 Å². The molecule has 2 fully saturated rings. The molecule has 21 heteroatoms. The third kappa shape index (κ3) is 10.7. The summed E-state index contributed by atoms with van der Waals surface area (Å²) in [6, 6.07) is 14.3. The Hall–Kier alpha value is -6.36. The number of nitrogens with zero attached hydrogens (tertiary/aromatic N) is 3. The molecule has 8 rings (SSSR count). The molecule has 0 bridgehead atoms. The fraction of sp³-hybridized carbons (Fsp3) is 0.380. The van der Waals surface area contributed by atoms with Crippen LogP contribution in [0.1, 0.15) is 102 Å². The Morgan fingerprint density at radius 3 is 2.52 bits per heavy atom. The Morgan fingerprint density at radius 1 is 1.00 bits per heavy atom. The molecule has 3 aliphatic rings. The highest BCUT2D eigenvalue weighted by molar-refractivity contribution is 7.52. The molecule has 7 amide bonds. The summed E-state index contributed by atoms with van der Waals surface area (Å²) in [6.45, 7) is 6.01. The third-order valence-electron chi connectivity index (χ3n) is 12.9. The summed E-state index contributed by atoms with van der Waals surface area (Å²) in [6.07, 6.45) is 2.12. The van der Waals surface area contributed by atoms with Crippen molar-refractivity contribution < 1.29 is 56.7 Å². The SMILES string of the molecule is CC(C)(C)[C@H](NC(=O)c1cc2cc(C(F)(F)P(=O)(O)O)ccc2s1)C(=O)N1CCC[C@H]1C(=O)N(CCC(=O)NCCCC#Cc1cccc2c1CN(C1CCC(=O)NC1=O)C2=O)c1cccc2sccc12. The number of likely N-dealkylation sites (tertiary alicyclic amines) is 1. The van der Waals surface area contributed by atoms with Crippen LogP contribution in [0, 0.1) is 17.3 Å². The number of carbonyl (C=O) groups excluding carboxylic acids is 7. The Balaban J connectivity index is 0.910. The maximum absolute atomic E-state index is 14.8. The van der Waals surface area contributed by atoms with Crippen molar-refractivity contribution in [2.75, 3.05) is 24.5 Å². The van der Waals surface area contributed by atoms with Crippen molar-refractivity contribution in [1.29, 1.82) is 0 Å².